The van der Waals surface area contributed by atoms with Gasteiger partial charge in [0.15, 0.2) is 0 Å². The van der Waals surface area contributed by atoms with Crippen LogP contribution in [-0.4, -0.2) is 36.6 Å². The van der Waals surface area contributed by atoms with E-state index in [1.54, 1.807) is 12.0 Å². The van der Waals surface area contributed by atoms with Crippen LogP contribution < -0.4 is 14.8 Å². The molecule has 0 unspecified atom stereocenters. The van der Waals surface area contributed by atoms with Gasteiger partial charge in [-0.2, -0.15) is 0 Å². The first kappa shape index (κ1) is 18.5. The number of hydrogen-bond acceptors (Lipinski definition) is 5. The maximum absolute atomic E-state index is 12.8. The molecule has 0 spiro atoms. The molecule has 1 aliphatic rings. The molecule has 142 valence electrons. The third kappa shape index (κ3) is 3.94. The molecule has 0 aliphatic carbocycles. The maximum atomic E-state index is 12.8. The van der Waals surface area contributed by atoms with E-state index in [4.69, 9.17) is 9.47 Å². The van der Waals surface area contributed by atoms with Crippen molar-refractivity contribution in [3.8, 4) is 11.5 Å². The molecule has 0 bridgehead atoms. The molecule has 1 heterocycles. The highest BCUT2D eigenvalue weighted by atomic mass is 16.6. The van der Waals surface area contributed by atoms with Gasteiger partial charge in [0, 0.05) is 18.7 Å². The summed E-state index contributed by atoms with van der Waals surface area (Å²) in [5, 5.41) is 13.8. The Morgan fingerprint density at radius 1 is 1.19 bits per heavy atom. The fraction of sp³-hybridized carbons (Fsp3) is 0.316. The van der Waals surface area contributed by atoms with Crippen LogP contribution in [-0.2, 0) is 0 Å². The summed E-state index contributed by atoms with van der Waals surface area (Å²) in [5.74, 6) is 1.13. The van der Waals surface area contributed by atoms with E-state index in [1.807, 2.05) is 24.3 Å². The molecule has 0 saturated carbocycles. The van der Waals surface area contributed by atoms with Crippen LogP contribution in [0.4, 0.5) is 16.2 Å². The number of methoxy groups -OCH3 is 2. The summed E-state index contributed by atoms with van der Waals surface area (Å²) in [6, 6.07) is 11.4. The van der Waals surface area contributed by atoms with Gasteiger partial charge < -0.3 is 19.7 Å². The van der Waals surface area contributed by atoms with Crippen LogP contribution in [0.2, 0.25) is 0 Å². The zero-order valence-corrected chi connectivity index (χ0v) is 15.2. The molecular formula is C19H21N3O5. The molecule has 3 rings (SSSR count). The van der Waals surface area contributed by atoms with E-state index in [2.05, 4.69) is 5.32 Å². The largest absolute Gasteiger partial charge is 0.497 e. The van der Waals surface area contributed by atoms with Crippen LogP contribution in [0.5, 0.6) is 11.5 Å². The Morgan fingerprint density at radius 2 is 1.93 bits per heavy atom. The molecule has 1 atom stereocenters. The summed E-state index contributed by atoms with van der Waals surface area (Å²) in [5.41, 5.74) is 1.19. The summed E-state index contributed by atoms with van der Waals surface area (Å²) in [7, 11) is 3.06. The number of carbonyl (C=O) groups excluding carboxylic acids is 1. The van der Waals surface area contributed by atoms with Gasteiger partial charge in [0.2, 0.25) is 0 Å². The second kappa shape index (κ2) is 7.94. The molecule has 8 nitrogen and oxygen atoms in total. The first-order valence-electron chi connectivity index (χ1n) is 8.57. The molecule has 2 aromatic rings. The SMILES string of the molecule is COc1ccc([C@@H]2CCCN2C(=O)Nc2cc([N+](=O)[O-])ccc2OC)cc1. The number of hydrogen-bond donors (Lipinski definition) is 1. The first-order chi connectivity index (χ1) is 13.0. The van der Waals surface area contributed by atoms with Gasteiger partial charge in [-0.3, -0.25) is 10.1 Å². The Bertz CT molecular complexity index is 838. The highest BCUT2D eigenvalue weighted by molar-refractivity contribution is 5.92. The Kier molecular flexibility index (Phi) is 5.44. The molecule has 2 amide bonds. The van der Waals surface area contributed by atoms with Crippen molar-refractivity contribution < 1.29 is 19.2 Å². The second-order valence-corrected chi connectivity index (χ2v) is 6.20. The Labute approximate surface area is 156 Å². The normalized spacial score (nSPS) is 16.1. The van der Waals surface area contributed by atoms with E-state index < -0.39 is 4.92 Å². The second-order valence-electron chi connectivity index (χ2n) is 6.20. The maximum Gasteiger partial charge on any atom is 0.322 e. The van der Waals surface area contributed by atoms with Gasteiger partial charge in [0.05, 0.1) is 30.9 Å². The third-order valence-corrected chi connectivity index (χ3v) is 4.65. The lowest BCUT2D eigenvalue weighted by atomic mass is 10.0. The molecule has 1 fully saturated rings. The van der Waals surface area contributed by atoms with Crippen molar-refractivity contribution in [1.82, 2.24) is 4.90 Å². The highest BCUT2D eigenvalue weighted by Gasteiger charge is 2.30. The van der Waals surface area contributed by atoms with Gasteiger partial charge >= 0.3 is 6.03 Å². The minimum Gasteiger partial charge on any atom is -0.497 e. The topological polar surface area (TPSA) is 93.9 Å². The standard InChI is InChI=1S/C19H21N3O5/c1-26-15-8-5-13(6-9-15)17-4-3-11-21(17)19(23)20-16-12-14(22(24)25)7-10-18(16)27-2/h5-10,12,17H,3-4,11H2,1-2H3,(H,20,23)/t17-/m0/s1. The van der Waals surface area contributed by atoms with E-state index in [9.17, 15) is 14.9 Å². The van der Waals surface area contributed by atoms with Crippen LogP contribution in [0.15, 0.2) is 42.5 Å². The molecule has 0 radical (unpaired) electrons. The molecule has 27 heavy (non-hydrogen) atoms. The van der Waals surface area contributed by atoms with Gasteiger partial charge in [-0.05, 0) is 36.6 Å². The van der Waals surface area contributed by atoms with Crippen molar-refractivity contribution in [2.24, 2.45) is 0 Å². The van der Waals surface area contributed by atoms with E-state index in [1.165, 1.54) is 25.3 Å². The number of carbonyl (C=O) groups is 1. The lowest BCUT2D eigenvalue weighted by Gasteiger charge is -2.26. The van der Waals surface area contributed by atoms with Crippen molar-refractivity contribution in [3.63, 3.8) is 0 Å². The molecule has 8 heteroatoms. The monoisotopic (exact) mass is 371 g/mol. The summed E-state index contributed by atoms with van der Waals surface area (Å²) in [4.78, 5) is 25.1. The lowest BCUT2D eigenvalue weighted by Crippen LogP contribution is -2.34. The first-order valence-corrected chi connectivity index (χ1v) is 8.57. The van der Waals surface area contributed by atoms with Crippen LogP contribution in [0, 0.1) is 10.1 Å². The summed E-state index contributed by atoms with van der Waals surface area (Å²) in [6.45, 7) is 0.611. The predicted molar refractivity (Wildman–Crippen MR) is 100 cm³/mol. The van der Waals surface area contributed by atoms with Crippen molar-refractivity contribution in [1.29, 1.82) is 0 Å². The summed E-state index contributed by atoms with van der Waals surface area (Å²) in [6.07, 6.45) is 1.74. The minimum absolute atomic E-state index is 0.0550. The van der Waals surface area contributed by atoms with Crippen LogP contribution in [0.3, 0.4) is 0 Å². The summed E-state index contributed by atoms with van der Waals surface area (Å²) < 4.78 is 10.4. The number of rotatable bonds is 5. The number of amides is 2. The number of ether oxygens (including phenoxy) is 2. The van der Waals surface area contributed by atoms with Crippen LogP contribution >= 0.6 is 0 Å². The fourth-order valence-corrected chi connectivity index (χ4v) is 3.28. The number of nitro groups is 1. The lowest BCUT2D eigenvalue weighted by molar-refractivity contribution is -0.384. The van der Waals surface area contributed by atoms with E-state index >= 15 is 0 Å². The Hall–Kier alpha value is -3.29. The average Bonchev–Trinajstić information content (AvgIpc) is 3.18. The van der Waals surface area contributed by atoms with Crippen molar-refractivity contribution in [2.75, 3.05) is 26.1 Å². The number of nitrogens with one attached hydrogen (secondary N) is 1. The van der Waals surface area contributed by atoms with Crippen molar-refractivity contribution in [2.45, 2.75) is 18.9 Å². The van der Waals surface area contributed by atoms with Crippen molar-refractivity contribution in [3.05, 3.63) is 58.1 Å². The number of non-ortho nitro benzene ring substituents is 1. The molecule has 1 aliphatic heterocycles. The molecule has 0 aromatic heterocycles. The fourth-order valence-electron chi connectivity index (χ4n) is 3.28. The average molecular weight is 371 g/mol. The van der Waals surface area contributed by atoms with Gasteiger partial charge in [0.1, 0.15) is 11.5 Å². The summed E-state index contributed by atoms with van der Waals surface area (Å²) >= 11 is 0. The quantitative estimate of drug-likeness (QED) is 0.634. The van der Waals surface area contributed by atoms with Crippen LogP contribution in [0.25, 0.3) is 0 Å². The minimum atomic E-state index is -0.509. The number of anilines is 1. The molecule has 1 N–H and O–H groups in total. The smallest absolute Gasteiger partial charge is 0.322 e. The number of nitro benzene ring substituents is 1. The van der Waals surface area contributed by atoms with Gasteiger partial charge in [-0.1, -0.05) is 12.1 Å². The third-order valence-electron chi connectivity index (χ3n) is 4.65. The van der Waals surface area contributed by atoms with E-state index in [0.29, 0.717) is 12.3 Å². The molecular weight excluding hydrogens is 350 g/mol. The molecule has 1 saturated heterocycles. The van der Waals surface area contributed by atoms with Crippen LogP contribution in [0.1, 0.15) is 24.4 Å². The zero-order valence-electron chi connectivity index (χ0n) is 15.2. The van der Waals surface area contributed by atoms with Gasteiger partial charge in [-0.15, -0.1) is 0 Å². The Balaban J connectivity index is 1.80. The van der Waals surface area contributed by atoms with E-state index in [-0.39, 0.29) is 23.4 Å². The van der Waals surface area contributed by atoms with E-state index in [0.717, 1.165) is 24.2 Å². The van der Waals surface area contributed by atoms with Gasteiger partial charge in [0.25, 0.3) is 5.69 Å². The Morgan fingerprint density at radius 3 is 2.56 bits per heavy atom. The predicted octanol–water partition coefficient (Wildman–Crippen LogP) is 3.98. The number of urea groups is 1. The highest BCUT2D eigenvalue weighted by Crippen LogP contribution is 2.35. The zero-order chi connectivity index (χ0) is 19.4. The molecule has 2 aromatic carbocycles. The number of benzene rings is 2. The van der Waals surface area contributed by atoms with Gasteiger partial charge in [-0.25, -0.2) is 4.79 Å². The number of likely N-dealkylation sites (tertiary alicyclic amines) is 1. The van der Waals surface area contributed by atoms with Crippen molar-refractivity contribution >= 4 is 17.4 Å². The number of nitrogens with zero attached hydrogens (tertiary/aromatic N) is 2.